The van der Waals surface area contributed by atoms with Crippen LogP contribution in [0.4, 0.5) is 20.2 Å². The minimum atomic E-state index is -1.71. The molecule has 4 rings (SSSR count). The van der Waals surface area contributed by atoms with Gasteiger partial charge in [0.15, 0.2) is 11.6 Å². The number of hydrogen-bond acceptors (Lipinski definition) is 4. The largest absolute Gasteiger partial charge is 0.343 e. The van der Waals surface area contributed by atoms with E-state index in [0.717, 1.165) is 23.5 Å². The van der Waals surface area contributed by atoms with Gasteiger partial charge in [-0.15, -0.1) is 0 Å². The summed E-state index contributed by atoms with van der Waals surface area (Å²) in [6, 6.07) is 20.0. The molecule has 0 N–H and O–H groups in total. The summed E-state index contributed by atoms with van der Waals surface area (Å²) in [4.78, 5) is 19.5. The van der Waals surface area contributed by atoms with Crippen molar-refractivity contribution in [1.82, 2.24) is 4.98 Å². The van der Waals surface area contributed by atoms with Crippen LogP contribution in [0.25, 0.3) is 0 Å². The highest BCUT2D eigenvalue weighted by molar-refractivity contribution is 7.85. The highest BCUT2D eigenvalue weighted by Gasteiger charge is 2.15. The number of aromatic nitrogens is 1. The van der Waals surface area contributed by atoms with Crippen molar-refractivity contribution < 1.29 is 17.8 Å². The number of halogens is 3. The van der Waals surface area contributed by atoms with E-state index >= 15 is 0 Å². The second-order valence-corrected chi connectivity index (χ2v) is 9.05. The lowest BCUT2D eigenvalue weighted by Crippen LogP contribution is -2.11. The van der Waals surface area contributed by atoms with Crippen LogP contribution in [0.15, 0.2) is 94.9 Å². The zero-order valence-corrected chi connectivity index (χ0v) is 18.9. The van der Waals surface area contributed by atoms with Gasteiger partial charge in [0.2, 0.25) is 5.78 Å². The van der Waals surface area contributed by atoms with Gasteiger partial charge in [0.1, 0.15) is 5.69 Å². The van der Waals surface area contributed by atoms with E-state index in [2.05, 4.69) is 4.98 Å². The first-order valence-electron chi connectivity index (χ1n) is 9.80. The highest BCUT2D eigenvalue weighted by Crippen LogP contribution is 2.25. The first-order chi connectivity index (χ1) is 15.8. The van der Waals surface area contributed by atoms with Gasteiger partial charge in [0.05, 0.1) is 22.7 Å². The van der Waals surface area contributed by atoms with Crippen LogP contribution in [-0.4, -0.2) is 22.0 Å². The average Bonchev–Trinajstić information content (AvgIpc) is 2.85. The number of anilines is 2. The van der Waals surface area contributed by atoms with E-state index in [1.165, 1.54) is 30.3 Å². The Hall–Kier alpha value is -3.42. The van der Waals surface area contributed by atoms with Crippen molar-refractivity contribution in [3.05, 3.63) is 113 Å². The van der Waals surface area contributed by atoms with E-state index in [4.69, 9.17) is 11.6 Å². The Labute approximate surface area is 196 Å². The molecule has 1 atom stereocenters. The summed E-state index contributed by atoms with van der Waals surface area (Å²) in [6.45, 7) is 0. The minimum absolute atomic E-state index is 0.134. The lowest BCUT2D eigenvalue weighted by atomic mass is 10.1. The molecule has 0 aliphatic heterocycles. The molecule has 0 aliphatic rings. The molecule has 0 fully saturated rings. The van der Waals surface area contributed by atoms with E-state index in [1.807, 2.05) is 24.1 Å². The van der Waals surface area contributed by atoms with Gasteiger partial charge in [-0.05, 0) is 78.9 Å². The van der Waals surface area contributed by atoms with Crippen molar-refractivity contribution in [1.29, 1.82) is 0 Å². The lowest BCUT2D eigenvalue weighted by molar-refractivity contribution is 0.103. The van der Waals surface area contributed by atoms with Crippen LogP contribution in [0, 0.1) is 11.6 Å². The topological polar surface area (TPSA) is 50.3 Å². The first kappa shape index (κ1) is 22.8. The normalized spacial score (nSPS) is 11.8. The summed E-state index contributed by atoms with van der Waals surface area (Å²) in [5.41, 5.74) is 2.35. The number of nitrogens with zero attached hydrogens (tertiary/aromatic N) is 2. The molecule has 0 radical (unpaired) electrons. The van der Waals surface area contributed by atoms with Gasteiger partial charge in [0, 0.05) is 33.1 Å². The van der Waals surface area contributed by atoms with Gasteiger partial charge in [-0.1, -0.05) is 11.6 Å². The Morgan fingerprint density at radius 1 is 0.848 bits per heavy atom. The van der Waals surface area contributed by atoms with Crippen LogP contribution in [0.5, 0.6) is 0 Å². The first-order valence-corrected chi connectivity index (χ1v) is 11.3. The molecular formula is C25H17ClF2N2O2S. The summed E-state index contributed by atoms with van der Waals surface area (Å²) in [7, 11) is 0.176. The molecule has 3 aromatic carbocycles. The fourth-order valence-corrected chi connectivity index (χ4v) is 4.32. The SMILES string of the molecule is CN(c1ccc(Cl)cc1)c1ccc(C(=O)c2ccc(S(=O)c3ccc(F)c(F)c3)cc2)nc1. The van der Waals surface area contributed by atoms with E-state index in [9.17, 15) is 17.8 Å². The van der Waals surface area contributed by atoms with Gasteiger partial charge in [0.25, 0.3) is 0 Å². The van der Waals surface area contributed by atoms with Crippen LogP contribution in [0.3, 0.4) is 0 Å². The maximum Gasteiger partial charge on any atom is 0.211 e. The summed E-state index contributed by atoms with van der Waals surface area (Å²) in [5.74, 6) is -2.36. The third-order valence-electron chi connectivity index (χ3n) is 5.02. The minimum Gasteiger partial charge on any atom is -0.343 e. The quantitative estimate of drug-likeness (QED) is 0.308. The number of carbonyl (C=O) groups excluding carboxylic acids is 1. The lowest BCUT2D eigenvalue weighted by Gasteiger charge is -2.19. The fraction of sp³-hybridized carbons (Fsp3) is 0.0400. The van der Waals surface area contributed by atoms with Crippen LogP contribution < -0.4 is 4.90 Å². The zero-order valence-electron chi connectivity index (χ0n) is 17.3. The second kappa shape index (κ2) is 9.60. The molecular weight excluding hydrogens is 466 g/mol. The number of carbonyl (C=O) groups is 1. The van der Waals surface area contributed by atoms with Crippen LogP contribution >= 0.6 is 11.6 Å². The summed E-state index contributed by atoms with van der Waals surface area (Å²) in [5, 5.41) is 0.644. The van der Waals surface area contributed by atoms with Crippen molar-refractivity contribution in [2.45, 2.75) is 9.79 Å². The molecule has 4 aromatic rings. The Balaban J connectivity index is 1.49. The molecule has 0 spiro atoms. The number of benzene rings is 3. The molecule has 8 heteroatoms. The third kappa shape index (κ3) is 4.99. The molecule has 1 aromatic heterocycles. The van der Waals surface area contributed by atoms with Crippen molar-refractivity contribution >= 4 is 39.6 Å². The summed E-state index contributed by atoms with van der Waals surface area (Å²) < 4.78 is 39.2. The third-order valence-corrected chi connectivity index (χ3v) is 6.65. The molecule has 0 bridgehead atoms. The monoisotopic (exact) mass is 482 g/mol. The number of rotatable bonds is 6. The smallest absolute Gasteiger partial charge is 0.211 e. The number of hydrogen-bond donors (Lipinski definition) is 0. The van der Waals surface area contributed by atoms with Crippen LogP contribution in [-0.2, 0) is 10.8 Å². The van der Waals surface area contributed by atoms with Crippen molar-refractivity contribution in [2.24, 2.45) is 0 Å². The van der Waals surface area contributed by atoms with Crippen molar-refractivity contribution in [2.75, 3.05) is 11.9 Å². The molecule has 4 nitrogen and oxygen atoms in total. The standard InChI is InChI=1S/C25H17ClF2N2O2S/c1-30(18-6-4-17(26)5-7-18)19-8-13-24(29-15-19)25(31)16-2-9-20(10-3-16)33(32)21-11-12-22(27)23(28)14-21/h2-15H,1H3. The van der Waals surface area contributed by atoms with Gasteiger partial charge >= 0.3 is 0 Å². The molecule has 1 unspecified atom stereocenters. The van der Waals surface area contributed by atoms with Gasteiger partial charge in [-0.3, -0.25) is 9.78 Å². The molecule has 0 saturated heterocycles. The Morgan fingerprint density at radius 3 is 2.09 bits per heavy atom. The molecule has 166 valence electrons. The molecule has 0 aliphatic carbocycles. The van der Waals surface area contributed by atoms with Gasteiger partial charge in [-0.25, -0.2) is 13.0 Å². The Kier molecular flexibility index (Phi) is 6.62. The van der Waals surface area contributed by atoms with E-state index < -0.39 is 22.4 Å². The second-order valence-electron chi connectivity index (χ2n) is 7.14. The van der Waals surface area contributed by atoms with E-state index in [-0.39, 0.29) is 16.4 Å². The fourth-order valence-electron chi connectivity index (χ4n) is 3.14. The maximum absolute atomic E-state index is 13.4. The van der Waals surface area contributed by atoms with E-state index in [1.54, 1.807) is 30.5 Å². The predicted molar refractivity (Wildman–Crippen MR) is 125 cm³/mol. The highest BCUT2D eigenvalue weighted by atomic mass is 35.5. The molecule has 0 saturated carbocycles. The van der Waals surface area contributed by atoms with Gasteiger partial charge < -0.3 is 4.90 Å². The van der Waals surface area contributed by atoms with E-state index in [0.29, 0.717) is 15.5 Å². The van der Waals surface area contributed by atoms with Gasteiger partial charge in [-0.2, -0.15) is 0 Å². The number of pyridine rings is 1. The number of ketones is 1. The molecule has 1 heterocycles. The summed E-state index contributed by atoms with van der Waals surface area (Å²) >= 11 is 5.93. The maximum atomic E-state index is 13.4. The van der Waals surface area contributed by atoms with Crippen LogP contribution in [0.1, 0.15) is 16.1 Å². The summed E-state index contributed by atoms with van der Waals surface area (Å²) in [6.07, 6.45) is 1.61. The van der Waals surface area contributed by atoms with Crippen LogP contribution in [0.2, 0.25) is 5.02 Å². The zero-order chi connectivity index (χ0) is 23.5. The molecule has 33 heavy (non-hydrogen) atoms. The van der Waals surface area contributed by atoms with Crippen molar-refractivity contribution in [3.8, 4) is 0 Å². The average molecular weight is 483 g/mol. The Morgan fingerprint density at radius 2 is 1.48 bits per heavy atom. The predicted octanol–water partition coefficient (Wildman–Crippen LogP) is 6.18. The Bertz CT molecular complexity index is 1330. The molecule has 0 amide bonds. The van der Waals surface area contributed by atoms with Crippen molar-refractivity contribution in [3.63, 3.8) is 0 Å².